The molecule has 0 saturated carbocycles. The SMILES string of the molecule is CCn1nc(C)c2nc(CCl)n(CC3CCCS3)c21. The fraction of sp³-hybridized carbons (Fsp3) is 0.692. The molecule has 3 heterocycles. The minimum atomic E-state index is 0.467. The second-order valence-corrected chi connectivity index (χ2v) is 6.66. The number of hydrogen-bond donors (Lipinski definition) is 0. The fourth-order valence-electron chi connectivity index (χ4n) is 2.78. The van der Waals surface area contributed by atoms with Crippen LogP contribution in [0.25, 0.3) is 11.2 Å². The highest BCUT2D eigenvalue weighted by molar-refractivity contribution is 8.00. The number of thioether (sulfide) groups is 1. The lowest BCUT2D eigenvalue weighted by Crippen LogP contribution is -2.14. The lowest BCUT2D eigenvalue weighted by Gasteiger charge is -2.13. The average molecular weight is 299 g/mol. The second kappa shape index (κ2) is 5.37. The molecule has 1 aliphatic heterocycles. The third-order valence-corrected chi connectivity index (χ3v) is 5.33. The average Bonchev–Trinajstić information content (AvgIpc) is 3.09. The van der Waals surface area contributed by atoms with Crippen molar-refractivity contribution in [3.05, 3.63) is 11.5 Å². The smallest absolute Gasteiger partial charge is 0.158 e. The van der Waals surface area contributed by atoms with Gasteiger partial charge in [0.2, 0.25) is 0 Å². The highest BCUT2D eigenvalue weighted by Gasteiger charge is 2.22. The Kier molecular flexibility index (Phi) is 3.76. The van der Waals surface area contributed by atoms with Gasteiger partial charge < -0.3 is 4.57 Å². The zero-order chi connectivity index (χ0) is 13.4. The fourth-order valence-corrected chi connectivity index (χ4v) is 4.23. The van der Waals surface area contributed by atoms with Crippen LogP contribution >= 0.6 is 23.4 Å². The molecule has 2 aromatic rings. The molecule has 104 valence electrons. The van der Waals surface area contributed by atoms with E-state index in [1.165, 1.54) is 18.6 Å². The van der Waals surface area contributed by atoms with Crippen LogP contribution in [0.3, 0.4) is 0 Å². The first-order chi connectivity index (χ1) is 9.24. The number of halogens is 1. The maximum absolute atomic E-state index is 6.07. The Morgan fingerprint density at radius 3 is 2.95 bits per heavy atom. The van der Waals surface area contributed by atoms with Gasteiger partial charge in [-0.05, 0) is 32.4 Å². The van der Waals surface area contributed by atoms with Gasteiger partial charge in [0.1, 0.15) is 11.3 Å². The Bertz CT molecular complexity index is 583. The van der Waals surface area contributed by atoms with Gasteiger partial charge in [0.25, 0.3) is 0 Å². The molecule has 0 spiro atoms. The van der Waals surface area contributed by atoms with Gasteiger partial charge in [-0.3, -0.25) is 0 Å². The molecule has 0 amide bonds. The molecule has 0 N–H and O–H groups in total. The third-order valence-electron chi connectivity index (χ3n) is 3.71. The summed E-state index contributed by atoms with van der Waals surface area (Å²) < 4.78 is 4.34. The third kappa shape index (κ3) is 2.27. The molecule has 0 aromatic carbocycles. The molecule has 0 aliphatic carbocycles. The van der Waals surface area contributed by atoms with Gasteiger partial charge >= 0.3 is 0 Å². The molecule has 19 heavy (non-hydrogen) atoms. The van der Waals surface area contributed by atoms with Crippen molar-refractivity contribution in [2.75, 3.05) is 5.75 Å². The van der Waals surface area contributed by atoms with Gasteiger partial charge in [-0.2, -0.15) is 16.9 Å². The summed E-state index contributed by atoms with van der Waals surface area (Å²) in [5, 5.41) is 5.26. The molecule has 1 fully saturated rings. The van der Waals surface area contributed by atoms with Crippen LogP contribution < -0.4 is 0 Å². The first-order valence-corrected chi connectivity index (χ1v) is 8.43. The molecule has 1 saturated heterocycles. The van der Waals surface area contributed by atoms with E-state index in [4.69, 9.17) is 11.6 Å². The van der Waals surface area contributed by atoms with E-state index in [-0.39, 0.29) is 0 Å². The van der Waals surface area contributed by atoms with Crippen molar-refractivity contribution in [1.82, 2.24) is 19.3 Å². The molecule has 6 heteroatoms. The first-order valence-electron chi connectivity index (χ1n) is 6.84. The standard InChI is InChI=1S/C13H19ClN4S/c1-3-18-13-12(9(2)16-18)15-11(7-14)17(13)8-10-5-4-6-19-10/h10H,3-8H2,1-2H3. The molecule has 1 aliphatic rings. The van der Waals surface area contributed by atoms with Crippen LogP contribution in [0.4, 0.5) is 0 Å². The summed E-state index contributed by atoms with van der Waals surface area (Å²) in [5.41, 5.74) is 3.16. The normalized spacial score (nSPS) is 19.6. The zero-order valence-corrected chi connectivity index (χ0v) is 13.0. The quantitative estimate of drug-likeness (QED) is 0.813. The monoisotopic (exact) mass is 298 g/mol. The summed E-state index contributed by atoms with van der Waals surface area (Å²) in [5.74, 6) is 2.73. The van der Waals surface area contributed by atoms with E-state index in [1.54, 1.807) is 0 Å². The number of aromatic nitrogens is 4. The van der Waals surface area contributed by atoms with E-state index >= 15 is 0 Å². The number of nitrogens with zero attached hydrogens (tertiary/aromatic N) is 4. The molecule has 1 unspecified atom stereocenters. The first kappa shape index (κ1) is 13.3. The Morgan fingerprint density at radius 2 is 2.32 bits per heavy atom. The number of imidazole rings is 1. The van der Waals surface area contributed by atoms with Gasteiger partial charge in [-0.15, -0.1) is 11.6 Å². The van der Waals surface area contributed by atoms with E-state index in [9.17, 15) is 0 Å². The van der Waals surface area contributed by atoms with E-state index in [0.29, 0.717) is 11.1 Å². The van der Waals surface area contributed by atoms with E-state index in [2.05, 4.69) is 33.3 Å². The summed E-state index contributed by atoms with van der Waals surface area (Å²) in [6.45, 7) is 6.02. The lowest BCUT2D eigenvalue weighted by molar-refractivity contribution is 0.595. The Hall–Kier alpha value is -0.680. The molecule has 0 radical (unpaired) electrons. The summed E-state index contributed by atoms with van der Waals surface area (Å²) in [7, 11) is 0. The van der Waals surface area contributed by atoms with E-state index < -0.39 is 0 Å². The molecular formula is C13H19ClN4S. The van der Waals surface area contributed by atoms with E-state index in [0.717, 1.165) is 35.8 Å². The van der Waals surface area contributed by atoms with Crippen LogP contribution in [-0.2, 0) is 19.0 Å². The topological polar surface area (TPSA) is 35.6 Å². The zero-order valence-electron chi connectivity index (χ0n) is 11.4. The van der Waals surface area contributed by atoms with Crippen molar-refractivity contribution in [3.63, 3.8) is 0 Å². The Balaban J connectivity index is 2.07. The van der Waals surface area contributed by atoms with E-state index in [1.807, 2.05) is 11.6 Å². The van der Waals surface area contributed by atoms with Gasteiger partial charge in [-0.1, -0.05) is 0 Å². The van der Waals surface area contributed by atoms with Gasteiger partial charge in [-0.25, -0.2) is 9.67 Å². The number of rotatable bonds is 4. The highest BCUT2D eigenvalue weighted by Crippen LogP contribution is 2.30. The number of alkyl halides is 1. The minimum absolute atomic E-state index is 0.467. The largest absolute Gasteiger partial charge is 0.311 e. The van der Waals surface area contributed by atoms with Crippen molar-refractivity contribution in [1.29, 1.82) is 0 Å². The Labute approximate surface area is 122 Å². The summed E-state index contributed by atoms with van der Waals surface area (Å²) in [4.78, 5) is 4.68. The van der Waals surface area contributed by atoms with Crippen molar-refractivity contribution < 1.29 is 0 Å². The van der Waals surface area contributed by atoms with Crippen molar-refractivity contribution in [2.45, 2.75) is 50.9 Å². The summed E-state index contributed by atoms with van der Waals surface area (Å²) in [6, 6.07) is 0. The highest BCUT2D eigenvalue weighted by atomic mass is 35.5. The molecular weight excluding hydrogens is 280 g/mol. The van der Waals surface area contributed by atoms with Crippen LogP contribution in [0.5, 0.6) is 0 Å². The van der Waals surface area contributed by atoms with Crippen LogP contribution in [0.15, 0.2) is 0 Å². The van der Waals surface area contributed by atoms with Gasteiger partial charge in [0.05, 0.1) is 11.6 Å². The predicted molar refractivity (Wildman–Crippen MR) is 81.0 cm³/mol. The van der Waals surface area contributed by atoms with Crippen LogP contribution in [0.2, 0.25) is 0 Å². The van der Waals surface area contributed by atoms with Crippen molar-refractivity contribution in [3.8, 4) is 0 Å². The number of hydrogen-bond acceptors (Lipinski definition) is 3. The summed E-state index contributed by atoms with van der Waals surface area (Å²) in [6.07, 6.45) is 2.63. The number of fused-ring (bicyclic) bond motifs is 1. The van der Waals surface area contributed by atoms with Gasteiger partial charge in [0.15, 0.2) is 5.65 Å². The molecule has 0 bridgehead atoms. The van der Waals surface area contributed by atoms with Crippen LogP contribution in [0, 0.1) is 6.92 Å². The summed E-state index contributed by atoms with van der Waals surface area (Å²) >= 11 is 8.14. The molecule has 4 nitrogen and oxygen atoms in total. The van der Waals surface area contributed by atoms with Crippen molar-refractivity contribution in [2.24, 2.45) is 0 Å². The molecule has 1 atom stereocenters. The predicted octanol–water partition coefficient (Wildman–Crippen LogP) is 3.20. The lowest BCUT2D eigenvalue weighted by atomic mass is 10.2. The molecule has 3 rings (SSSR count). The minimum Gasteiger partial charge on any atom is -0.311 e. The second-order valence-electron chi connectivity index (χ2n) is 4.98. The molecule has 2 aromatic heterocycles. The number of aryl methyl sites for hydroxylation is 2. The van der Waals surface area contributed by atoms with Crippen LogP contribution in [0.1, 0.15) is 31.3 Å². The Morgan fingerprint density at radius 1 is 1.47 bits per heavy atom. The van der Waals surface area contributed by atoms with Gasteiger partial charge in [0, 0.05) is 18.3 Å². The van der Waals surface area contributed by atoms with Crippen LogP contribution in [-0.4, -0.2) is 30.3 Å². The van der Waals surface area contributed by atoms with Crippen molar-refractivity contribution >= 4 is 34.5 Å². The maximum Gasteiger partial charge on any atom is 0.158 e. The maximum atomic E-state index is 6.07.